The number of ketones is 1. The van der Waals surface area contributed by atoms with Gasteiger partial charge in [0.05, 0.1) is 18.7 Å². The average molecular weight is 415 g/mol. The second-order valence-electron chi connectivity index (χ2n) is 7.32. The minimum absolute atomic E-state index is 0.00657. The molecule has 6 heteroatoms. The molecular formula is C25H21NO5. The van der Waals surface area contributed by atoms with E-state index >= 15 is 0 Å². The summed E-state index contributed by atoms with van der Waals surface area (Å²) < 4.78 is 5.22. The number of aromatic hydroxyl groups is 1. The number of phenols is 1. The topological polar surface area (TPSA) is 87.1 Å². The van der Waals surface area contributed by atoms with Crippen LogP contribution in [0.15, 0.2) is 78.4 Å². The molecule has 2 N–H and O–H groups in total. The van der Waals surface area contributed by atoms with Gasteiger partial charge >= 0.3 is 0 Å². The van der Waals surface area contributed by atoms with Gasteiger partial charge in [-0.15, -0.1) is 0 Å². The van der Waals surface area contributed by atoms with Crippen LogP contribution >= 0.6 is 0 Å². The first-order chi connectivity index (χ1) is 14.9. The molecule has 0 radical (unpaired) electrons. The van der Waals surface area contributed by atoms with Crippen LogP contribution in [0.1, 0.15) is 22.7 Å². The molecule has 1 saturated heterocycles. The summed E-state index contributed by atoms with van der Waals surface area (Å²) in [5.41, 5.74) is 2.54. The molecule has 0 aromatic heterocycles. The molecule has 1 atom stereocenters. The molecule has 0 bridgehead atoms. The van der Waals surface area contributed by atoms with Crippen LogP contribution in [0.3, 0.4) is 0 Å². The zero-order valence-electron chi connectivity index (χ0n) is 17.1. The van der Waals surface area contributed by atoms with Crippen molar-refractivity contribution in [1.29, 1.82) is 0 Å². The summed E-state index contributed by atoms with van der Waals surface area (Å²) in [6.45, 7) is 1.92. The van der Waals surface area contributed by atoms with Gasteiger partial charge in [0.1, 0.15) is 17.3 Å². The molecule has 0 spiro atoms. The lowest BCUT2D eigenvalue weighted by Gasteiger charge is -2.25. The fourth-order valence-corrected chi connectivity index (χ4v) is 3.68. The van der Waals surface area contributed by atoms with E-state index in [4.69, 9.17) is 4.74 Å². The van der Waals surface area contributed by atoms with Crippen molar-refractivity contribution in [2.45, 2.75) is 13.0 Å². The van der Waals surface area contributed by atoms with Gasteiger partial charge < -0.3 is 14.9 Å². The highest BCUT2D eigenvalue weighted by atomic mass is 16.5. The number of aliphatic hydroxyl groups is 1. The van der Waals surface area contributed by atoms with Gasteiger partial charge in [0.25, 0.3) is 11.7 Å². The zero-order chi connectivity index (χ0) is 22.1. The Morgan fingerprint density at radius 2 is 1.52 bits per heavy atom. The monoisotopic (exact) mass is 415 g/mol. The van der Waals surface area contributed by atoms with Gasteiger partial charge in [-0.25, -0.2) is 0 Å². The Morgan fingerprint density at radius 1 is 0.903 bits per heavy atom. The van der Waals surface area contributed by atoms with Crippen LogP contribution in [-0.2, 0) is 9.59 Å². The first-order valence-corrected chi connectivity index (χ1v) is 9.71. The van der Waals surface area contributed by atoms with Crippen molar-refractivity contribution in [1.82, 2.24) is 0 Å². The van der Waals surface area contributed by atoms with Crippen molar-refractivity contribution >= 4 is 23.1 Å². The lowest BCUT2D eigenvalue weighted by atomic mass is 9.95. The van der Waals surface area contributed by atoms with Gasteiger partial charge in [-0.05, 0) is 48.9 Å². The van der Waals surface area contributed by atoms with Crippen LogP contribution in [-0.4, -0.2) is 29.0 Å². The molecule has 0 saturated carbocycles. The second kappa shape index (κ2) is 7.99. The second-order valence-corrected chi connectivity index (χ2v) is 7.32. The molecule has 1 amide bonds. The Morgan fingerprint density at radius 3 is 2.10 bits per heavy atom. The predicted molar refractivity (Wildman–Crippen MR) is 117 cm³/mol. The summed E-state index contributed by atoms with van der Waals surface area (Å²) in [6.07, 6.45) is 0. The van der Waals surface area contributed by atoms with E-state index in [1.165, 1.54) is 17.0 Å². The number of aryl methyl sites for hydroxylation is 1. The third kappa shape index (κ3) is 3.64. The Bertz CT molecular complexity index is 1160. The van der Waals surface area contributed by atoms with Crippen LogP contribution in [0.25, 0.3) is 5.76 Å². The van der Waals surface area contributed by atoms with Crippen molar-refractivity contribution in [3.63, 3.8) is 0 Å². The Labute approximate surface area is 179 Å². The van der Waals surface area contributed by atoms with Crippen molar-refractivity contribution in [2.75, 3.05) is 12.0 Å². The zero-order valence-corrected chi connectivity index (χ0v) is 17.1. The number of benzene rings is 3. The summed E-state index contributed by atoms with van der Waals surface area (Å²) in [5, 5.41) is 20.7. The standard InChI is InChI=1S/C25H21NO5/c1-15-3-5-17(6-4-15)23(28)21-22(16-7-13-20(31-2)14-8-16)26(25(30)24(21)29)18-9-11-19(27)12-10-18/h3-14,22,27-28H,1-2H3/b23-21-. The fraction of sp³-hybridized carbons (Fsp3) is 0.120. The van der Waals surface area contributed by atoms with Crippen LogP contribution in [0.5, 0.6) is 11.5 Å². The minimum atomic E-state index is -0.836. The van der Waals surface area contributed by atoms with Crippen molar-refractivity contribution < 1.29 is 24.5 Å². The third-order valence-electron chi connectivity index (χ3n) is 5.33. The summed E-state index contributed by atoms with van der Waals surface area (Å²) in [5.74, 6) is -1.09. The number of ether oxygens (including phenoxy) is 1. The number of carbonyl (C=O) groups excluding carboxylic acids is 2. The van der Waals surface area contributed by atoms with Crippen molar-refractivity contribution in [3.8, 4) is 11.5 Å². The van der Waals surface area contributed by atoms with Gasteiger partial charge in [0.2, 0.25) is 0 Å². The molecule has 1 unspecified atom stereocenters. The number of hydrogen-bond donors (Lipinski definition) is 2. The summed E-state index contributed by atoms with van der Waals surface area (Å²) in [7, 11) is 1.55. The van der Waals surface area contributed by atoms with E-state index in [1.54, 1.807) is 55.6 Å². The van der Waals surface area contributed by atoms with Gasteiger partial charge in [-0.1, -0.05) is 42.0 Å². The maximum atomic E-state index is 13.1. The highest BCUT2D eigenvalue weighted by molar-refractivity contribution is 6.51. The largest absolute Gasteiger partial charge is 0.508 e. The molecule has 4 rings (SSSR count). The molecule has 3 aromatic rings. The lowest BCUT2D eigenvalue weighted by Crippen LogP contribution is -2.29. The Kier molecular flexibility index (Phi) is 5.21. The van der Waals surface area contributed by atoms with E-state index in [1.807, 2.05) is 19.1 Å². The number of Topliss-reactive ketones (excluding diaryl/α,β-unsaturated/α-hetero) is 1. The summed E-state index contributed by atoms with van der Waals surface area (Å²) in [6, 6.07) is 19.2. The van der Waals surface area contributed by atoms with E-state index in [-0.39, 0.29) is 17.1 Å². The molecule has 6 nitrogen and oxygen atoms in total. The smallest absolute Gasteiger partial charge is 0.300 e. The maximum Gasteiger partial charge on any atom is 0.300 e. The number of hydrogen-bond acceptors (Lipinski definition) is 5. The highest BCUT2D eigenvalue weighted by Crippen LogP contribution is 2.42. The molecule has 1 aliphatic heterocycles. The van der Waals surface area contributed by atoms with Crippen LogP contribution in [0, 0.1) is 6.92 Å². The number of carbonyl (C=O) groups is 2. The van der Waals surface area contributed by atoms with Crippen molar-refractivity contribution in [2.24, 2.45) is 0 Å². The first-order valence-electron chi connectivity index (χ1n) is 9.71. The number of anilines is 1. The molecule has 31 heavy (non-hydrogen) atoms. The predicted octanol–water partition coefficient (Wildman–Crippen LogP) is 4.34. The van der Waals surface area contributed by atoms with E-state index in [9.17, 15) is 19.8 Å². The van der Waals surface area contributed by atoms with E-state index < -0.39 is 17.7 Å². The van der Waals surface area contributed by atoms with E-state index in [2.05, 4.69) is 0 Å². The Balaban J connectivity index is 1.92. The number of amides is 1. The average Bonchev–Trinajstić information content (AvgIpc) is 3.05. The normalized spacial score (nSPS) is 17.7. The molecule has 1 fully saturated rings. The molecule has 156 valence electrons. The van der Waals surface area contributed by atoms with Crippen LogP contribution in [0.4, 0.5) is 5.69 Å². The number of aliphatic hydroxyl groups excluding tert-OH is 1. The first kappa shape index (κ1) is 20.2. The van der Waals surface area contributed by atoms with Crippen LogP contribution < -0.4 is 9.64 Å². The molecule has 1 heterocycles. The highest BCUT2D eigenvalue weighted by Gasteiger charge is 2.46. The number of methoxy groups -OCH3 is 1. The van der Waals surface area contributed by atoms with Gasteiger partial charge in [-0.2, -0.15) is 0 Å². The maximum absolute atomic E-state index is 13.1. The molecule has 1 aliphatic rings. The SMILES string of the molecule is COc1ccc(C2/C(=C(/O)c3ccc(C)cc3)C(=O)C(=O)N2c2ccc(O)cc2)cc1. The Hall–Kier alpha value is -4.06. The summed E-state index contributed by atoms with van der Waals surface area (Å²) in [4.78, 5) is 27.4. The molecular weight excluding hydrogens is 394 g/mol. The van der Waals surface area contributed by atoms with Crippen molar-refractivity contribution in [3.05, 3.63) is 95.1 Å². The number of rotatable bonds is 4. The van der Waals surface area contributed by atoms with Crippen LogP contribution in [0.2, 0.25) is 0 Å². The number of phenolic OH excluding ortho intramolecular Hbond substituents is 1. The molecule has 0 aliphatic carbocycles. The van der Waals surface area contributed by atoms with Gasteiger partial charge in [0.15, 0.2) is 0 Å². The summed E-state index contributed by atoms with van der Waals surface area (Å²) >= 11 is 0. The van der Waals surface area contributed by atoms with E-state index in [0.29, 0.717) is 22.6 Å². The molecule has 3 aromatic carbocycles. The van der Waals surface area contributed by atoms with Gasteiger partial charge in [0, 0.05) is 11.3 Å². The van der Waals surface area contributed by atoms with Gasteiger partial charge in [-0.3, -0.25) is 14.5 Å². The third-order valence-corrected chi connectivity index (χ3v) is 5.33. The minimum Gasteiger partial charge on any atom is -0.508 e. The van der Waals surface area contributed by atoms with E-state index in [0.717, 1.165) is 5.56 Å². The number of nitrogens with zero attached hydrogens (tertiary/aromatic N) is 1. The fourth-order valence-electron chi connectivity index (χ4n) is 3.68. The lowest BCUT2D eigenvalue weighted by molar-refractivity contribution is -0.132. The quantitative estimate of drug-likeness (QED) is 0.376.